The molecule has 1 amide bonds. The van der Waals surface area contributed by atoms with E-state index < -0.39 is 0 Å². The van der Waals surface area contributed by atoms with Gasteiger partial charge in [-0.25, -0.2) is 9.97 Å². The molecule has 1 aliphatic carbocycles. The molecule has 7 nitrogen and oxygen atoms in total. The van der Waals surface area contributed by atoms with Crippen molar-refractivity contribution in [3.05, 3.63) is 35.7 Å². The van der Waals surface area contributed by atoms with Gasteiger partial charge in [0.2, 0.25) is 5.95 Å². The number of anilines is 2. The number of rotatable bonds is 4. The number of carbonyl (C=O) groups is 1. The van der Waals surface area contributed by atoms with E-state index in [-0.39, 0.29) is 11.9 Å². The van der Waals surface area contributed by atoms with E-state index in [1.165, 1.54) is 19.3 Å². The van der Waals surface area contributed by atoms with Gasteiger partial charge in [-0.3, -0.25) is 4.79 Å². The molecule has 0 spiro atoms. The Balaban J connectivity index is 1.49. The van der Waals surface area contributed by atoms with Gasteiger partial charge < -0.3 is 20.1 Å². The summed E-state index contributed by atoms with van der Waals surface area (Å²) in [4.78, 5) is 21.4. The van der Waals surface area contributed by atoms with E-state index in [9.17, 15) is 4.79 Å². The maximum absolute atomic E-state index is 12.6. The second-order valence-corrected chi connectivity index (χ2v) is 7.01. The SMILES string of the molecule is Cc1cc(C(=O)NC2CCCCC2)nc(Nc2ccc3c(c2)OCCO3)n1. The molecule has 4 rings (SSSR count). The summed E-state index contributed by atoms with van der Waals surface area (Å²) >= 11 is 0. The molecule has 1 aliphatic heterocycles. The van der Waals surface area contributed by atoms with Gasteiger partial charge in [0.05, 0.1) is 0 Å². The number of aromatic nitrogens is 2. The molecule has 2 N–H and O–H groups in total. The predicted octanol–water partition coefficient (Wildman–Crippen LogP) is 3.36. The third-order valence-electron chi connectivity index (χ3n) is 4.83. The normalized spacial score (nSPS) is 16.6. The van der Waals surface area contributed by atoms with Crippen LogP contribution in [0.25, 0.3) is 0 Å². The molecule has 1 fully saturated rings. The highest BCUT2D eigenvalue weighted by Crippen LogP contribution is 2.33. The molecule has 142 valence electrons. The number of hydrogen-bond acceptors (Lipinski definition) is 6. The minimum atomic E-state index is -0.141. The average Bonchev–Trinajstić information content (AvgIpc) is 2.68. The first kappa shape index (κ1) is 17.6. The molecule has 27 heavy (non-hydrogen) atoms. The molecule has 2 aromatic rings. The van der Waals surface area contributed by atoms with Crippen molar-refractivity contribution in [3.63, 3.8) is 0 Å². The van der Waals surface area contributed by atoms with Crippen LogP contribution in [0, 0.1) is 6.92 Å². The Morgan fingerprint density at radius 2 is 1.81 bits per heavy atom. The topological polar surface area (TPSA) is 85.4 Å². The van der Waals surface area contributed by atoms with Gasteiger partial charge in [-0.05, 0) is 38.0 Å². The number of amides is 1. The molecule has 1 aromatic heterocycles. The Labute approximate surface area is 158 Å². The van der Waals surface area contributed by atoms with Crippen molar-refractivity contribution in [2.75, 3.05) is 18.5 Å². The van der Waals surface area contributed by atoms with E-state index in [1.54, 1.807) is 6.07 Å². The summed E-state index contributed by atoms with van der Waals surface area (Å²) in [6.07, 6.45) is 5.67. The molecule has 0 unspecified atom stereocenters. The zero-order valence-corrected chi connectivity index (χ0v) is 15.5. The summed E-state index contributed by atoms with van der Waals surface area (Å²) in [6, 6.07) is 7.54. The van der Waals surface area contributed by atoms with Crippen molar-refractivity contribution >= 4 is 17.5 Å². The van der Waals surface area contributed by atoms with Gasteiger partial charge >= 0.3 is 0 Å². The summed E-state index contributed by atoms with van der Waals surface area (Å²) in [5, 5.41) is 6.26. The van der Waals surface area contributed by atoms with Gasteiger partial charge in [0.1, 0.15) is 18.9 Å². The minimum absolute atomic E-state index is 0.141. The van der Waals surface area contributed by atoms with Crippen molar-refractivity contribution in [2.45, 2.75) is 45.1 Å². The number of ether oxygens (including phenoxy) is 2. The lowest BCUT2D eigenvalue weighted by molar-refractivity contribution is 0.0922. The highest BCUT2D eigenvalue weighted by atomic mass is 16.6. The van der Waals surface area contributed by atoms with Crippen LogP contribution in [0.4, 0.5) is 11.6 Å². The molecule has 0 bridgehead atoms. The van der Waals surface area contributed by atoms with Crippen LogP contribution in [-0.2, 0) is 0 Å². The standard InChI is InChI=1S/C20H24N4O3/c1-13-11-16(19(25)22-14-5-3-2-4-6-14)24-20(21-13)23-15-7-8-17-18(12-15)27-10-9-26-17/h7-8,11-12,14H,2-6,9-10H2,1H3,(H,22,25)(H,21,23,24). The fraction of sp³-hybridized carbons (Fsp3) is 0.450. The molecule has 0 saturated heterocycles. The lowest BCUT2D eigenvalue weighted by Crippen LogP contribution is -2.36. The molecule has 2 heterocycles. The quantitative estimate of drug-likeness (QED) is 0.861. The Morgan fingerprint density at radius 1 is 1.04 bits per heavy atom. The second kappa shape index (κ2) is 7.82. The summed E-state index contributed by atoms with van der Waals surface area (Å²) in [6.45, 7) is 2.94. The molecule has 1 aromatic carbocycles. The first-order valence-corrected chi connectivity index (χ1v) is 9.50. The fourth-order valence-electron chi connectivity index (χ4n) is 3.50. The van der Waals surface area contributed by atoms with Crippen LogP contribution in [0.2, 0.25) is 0 Å². The summed E-state index contributed by atoms with van der Waals surface area (Å²) < 4.78 is 11.1. The van der Waals surface area contributed by atoms with E-state index in [1.807, 2.05) is 25.1 Å². The van der Waals surface area contributed by atoms with Crippen LogP contribution >= 0.6 is 0 Å². The third kappa shape index (κ3) is 4.30. The number of nitrogens with zero attached hydrogens (tertiary/aromatic N) is 2. The second-order valence-electron chi connectivity index (χ2n) is 7.01. The monoisotopic (exact) mass is 368 g/mol. The van der Waals surface area contributed by atoms with Crippen LogP contribution in [0.3, 0.4) is 0 Å². The molecule has 7 heteroatoms. The Hall–Kier alpha value is -2.83. The van der Waals surface area contributed by atoms with E-state index >= 15 is 0 Å². The third-order valence-corrected chi connectivity index (χ3v) is 4.83. The number of carbonyl (C=O) groups excluding carboxylic acids is 1. The lowest BCUT2D eigenvalue weighted by atomic mass is 9.95. The first-order chi connectivity index (χ1) is 13.2. The summed E-state index contributed by atoms with van der Waals surface area (Å²) in [7, 11) is 0. The van der Waals surface area contributed by atoms with E-state index in [0.717, 1.165) is 30.0 Å². The highest BCUT2D eigenvalue weighted by Gasteiger charge is 2.19. The predicted molar refractivity (Wildman–Crippen MR) is 102 cm³/mol. The zero-order chi connectivity index (χ0) is 18.6. The largest absolute Gasteiger partial charge is 0.486 e. The van der Waals surface area contributed by atoms with Crippen molar-refractivity contribution in [2.24, 2.45) is 0 Å². The van der Waals surface area contributed by atoms with Gasteiger partial charge in [-0.2, -0.15) is 0 Å². The molecular weight excluding hydrogens is 344 g/mol. The molecule has 1 saturated carbocycles. The molecule has 0 radical (unpaired) electrons. The van der Waals surface area contributed by atoms with Crippen LogP contribution in [-0.4, -0.2) is 35.1 Å². The van der Waals surface area contributed by atoms with Gasteiger partial charge in [0.25, 0.3) is 5.91 Å². The number of nitrogens with one attached hydrogen (secondary N) is 2. The number of fused-ring (bicyclic) bond motifs is 1. The maximum atomic E-state index is 12.6. The van der Waals surface area contributed by atoms with Crippen LogP contribution in [0.1, 0.15) is 48.3 Å². The Morgan fingerprint density at radius 3 is 2.63 bits per heavy atom. The summed E-state index contributed by atoms with van der Waals surface area (Å²) in [5.41, 5.74) is 1.90. The average molecular weight is 368 g/mol. The Kier molecular flexibility index (Phi) is 5.09. The zero-order valence-electron chi connectivity index (χ0n) is 15.5. The van der Waals surface area contributed by atoms with Crippen molar-refractivity contribution in [3.8, 4) is 11.5 Å². The minimum Gasteiger partial charge on any atom is -0.486 e. The lowest BCUT2D eigenvalue weighted by Gasteiger charge is -2.22. The van der Waals surface area contributed by atoms with Crippen molar-refractivity contribution in [1.29, 1.82) is 0 Å². The number of hydrogen-bond donors (Lipinski definition) is 2. The van der Waals surface area contributed by atoms with Crippen LogP contribution in [0.15, 0.2) is 24.3 Å². The van der Waals surface area contributed by atoms with E-state index in [4.69, 9.17) is 9.47 Å². The van der Waals surface area contributed by atoms with Gasteiger partial charge in [-0.1, -0.05) is 19.3 Å². The van der Waals surface area contributed by atoms with Gasteiger partial charge in [0, 0.05) is 23.5 Å². The van der Waals surface area contributed by atoms with E-state index in [2.05, 4.69) is 20.6 Å². The van der Waals surface area contributed by atoms with Crippen LogP contribution in [0.5, 0.6) is 11.5 Å². The molecule has 2 aliphatic rings. The van der Waals surface area contributed by atoms with Crippen molar-refractivity contribution < 1.29 is 14.3 Å². The molecular formula is C20H24N4O3. The number of aryl methyl sites for hydroxylation is 1. The number of benzene rings is 1. The van der Waals surface area contributed by atoms with Gasteiger partial charge in [0.15, 0.2) is 11.5 Å². The van der Waals surface area contributed by atoms with Crippen LogP contribution < -0.4 is 20.1 Å². The smallest absolute Gasteiger partial charge is 0.270 e. The van der Waals surface area contributed by atoms with Crippen molar-refractivity contribution in [1.82, 2.24) is 15.3 Å². The molecule has 0 atom stereocenters. The maximum Gasteiger partial charge on any atom is 0.270 e. The Bertz CT molecular complexity index is 834. The first-order valence-electron chi connectivity index (χ1n) is 9.50. The van der Waals surface area contributed by atoms with E-state index in [0.29, 0.717) is 30.6 Å². The van der Waals surface area contributed by atoms with Gasteiger partial charge in [-0.15, -0.1) is 0 Å². The fourth-order valence-corrected chi connectivity index (χ4v) is 3.50. The summed E-state index contributed by atoms with van der Waals surface area (Å²) in [5.74, 6) is 1.66. The highest BCUT2D eigenvalue weighted by molar-refractivity contribution is 5.92.